The molecule has 2 aliphatic heterocycles. The summed E-state index contributed by atoms with van der Waals surface area (Å²) >= 11 is 0. The Morgan fingerprint density at radius 3 is 2.35 bits per heavy atom. The Morgan fingerprint density at radius 2 is 1.65 bits per heavy atom. The lowest BCUT2D eigenvalue weighted by Gasteiger charge is -2.39. The maximum Gasteiger partial charge on any atom is 0.203 e. The molecule has 2 aliphatic rings. The first-order chi connectivity index (χ1) is 14.7. The fourth-order valence-electron chi connectivity index (χ4n) is 3.54. The molecule has 0 aliphatic carbocycles. The molecule has 1 fully saturated rings. The summed E-state index contributed by atoms with van der Waals surface area (Å²) in [5, 5.41) is 69.0. The van der Waals surface area contributed by atoms with Crippen molar-refractivity contribution in [3.05, 3.63) is 41.5 Å². The minimum absolute atomic E-state index is 0.152. The number of aromatic hydroxyl groups is 4. The molecule has 0 amide bonds. The van der Waals surface area contributed by atoms with Crippen molar-refractivity contribution < 1.29 is 54.8 Å². The molecule has 31 heavy (non-hydrogen) atoms. The number of fused-ring (bicyclic) bond motifs is 1. The summed E-state index contributed by atoms with van der Waals surface area (Å²) in [5.74, 6) is -2.78. The average molecular weight is 436 g/mol. The Morgan fingerprint density at radius 1 is 0.903 bits per heavy atom. The van der Waals surface area contributed by atoms with E-state index in [4.69, 9.17) is 14.2 Å². The standard InChI is InChI=1S/C20H20O11/c21-8-4-11(24)14-13(5-8)30-18(7-1-2-9(22)10(23)3-7)19(16(14)27)31-20-17(28)15(26)12(25)6-29-20/h1-5,12,15,17-26,28H,6H2/t12-,15-,17+,18-,19-,20-/m1/s1. The molecule has 6 atom stereocenters. The minimum Gasteiger partial charge on any atom is -0.508 e. The molecular formula is C20H20O11. The largest absolute Gasteiger partial charge is 0.508 e. The monoisotopic (exact) mass is 436 g/mol. The first-order valence-corrected chi connectivity index (χ1v) is 9.27. The van der Waals surface area contributed by atoms with Gasteiger partial charge in [0.25, 0.3) is 0 Å². The van der Waals surface area contributed by atoms with E-state index >= 15 is 0 Å². The molecule has 0 saturated carbocycles. The lowest BCUT2D eigenvalue weighted by molar-refractivity contribution is -0.283. The van der Waals surface area contributed by atoms with E-state index in [0.717, 1.165) is 24.3 Å². The third-order valence-corrected chi connectivity index (χ3v) is 5.16. The molecule has 0 bridgehead atoms. The fourth-order valence-corrected chi connectivity index (χ4v) is 3.54. The van der Waals surface area contributed by atoms with Gasteiger partial charge in [0.15, 0.2) is 30.0 Å². The molecule has 11 nitrogen and oxygen atoms in total. The second kappa shape index (κ2) is 7.87. The predicted molar refractivity (Wildman–Crippen MR) is 99.9 cm³/mol. The molecule has 0 aromatic heterocycles. The molecule has 7 N–H and O–H groups in total. The van der Waals surface area contributed by atoms with E-state index in [-0.39, 0.29) is 29.2 Å². The van der Waals surface area contributed by atoms with Crippen LogP contribution in [0.15, 0.2) is 30.3 Å². The number of aliphatic hydroxyl groups is 3. The summed E-state index contributed by atoms with van der Waals surface area (Å²) in [6, 6.07) is 5.71. The van der Waals surface area contributed by atoms with E-state index in [1.165, 1.54) is 6.07 Å². The van der Waals surface area contributed by atoms with E-state index in [1.807, 2.05) is 0 Å². The predicted octanol–water partition coefficient (Wildman–Crippen LogP) is -0.350. The number of carbonyl (C=O) groups excluding carboxylic acids is 1. The number of rotatable bonds is 3. The van der Waals surface area contributed by atoms with Crippen molar-refractivity contribution in [2.45, 2.75) is 36.8 Å². The summed E-state index contributed by atoms with van der Waals surface area (Å²) in [5.41, 5.74) is -0.0963. The quantitative estimate of drug-likeness (QED) is 0.312. The first kappa shape index (κ1) is 21.2. The number of hydrogen-bond donors (Lipinski definition) is 7. The normalized spacial score (nSPS) is 30.5. The highest BCUT2D eigenvalue weighted by Crippen LogP contribution is 2.44. The van der Waals surface area contributed by atoms with Crippen LogP contribution >= 0.6 is 0 Å². The van der Waals surface area contributed by atoms with Crippen molar-refractivity contribution in [2.24, 2.45) is 0 Å². The average Bonchev–Trinajstić information content (AvgIpc) is 2.71. The summed E-state index contributed by atoms with van der Waals surface area (Å²) in [4.78, 5) is 13.2. The third kappa shape index (κ3) is 3.73. The Balaban J connectivity index is 1.74. The summed E-state index contributed by atoms with van der Waals surface area (Å²) in [6.45, 7) is -0.370. The van der Waals surface area contributed by atoms with Gasteiger partial charge in [-0.05, 0) is 17.7 Å². The topological polar surface area (TPSA) is 186 Å². The summed E-state index contributed by atoms with van der Waals surface area (Å²) in [7, 11) is 0. The Hall–Kier alpha value is -3.09. The SMILES string of the molecule is O=C1c2c(O)cc(O)cc2O[C@H](c2ccc(O)c(O)c2)[C@@H]1O[C@H]1OC[C@@H](O)[C@@H](O)[C@@H]1O. The second-order valence-electron chi connectivity index (χ2n) is 7.30. The second-order valence-corrected chi connectivity index (χ2v) is 7.30. The van der Waals surface area contributed by atoms with Gasteiger partial charge in [-0.2, -0.15) is 0 Å². The molecule has 0 radical (unpaired) electrons. The Labute approximate surface area is 174 Å². The van der Waals surface area contributed by atoms with Crippen LogP contribution in [0.3, 0.4) is 0 Å². The van der Waals surface area contributed by atoms with Gasteiger partial charge in [0.1, 0.15) is 41.1 Å². The van der Waals surface area contributed by atoms with E-state index in [9.17, 15) is 40.5 Å². The van der Waals surface area contributed by atoms with Crippen LogP contribution in [0.4, 0.5) is 0 Å². The van der Waals surface area contributed by atoms with Crippen molar-refractivity contribution in [1.29, 1.82) is 0 Å². The number of ketones is 1. The van der Waals surface area contributed by atoms with Crippen LogP contribution in [-0.4, -0.2) is 78.8 Å². The highest BCUT2D eigenvalue weighted by Gasteiger charge is 2.46. The van der Waals surface area contributed by atoms with E-state index in [1.54, 1.807) is 0 Å². The molecule has 0 spiro atoms. The maximum absolute atomic E-state index is 13.2. The number of hydrogen-bond acceptors (Lipinski definition) is 11. The van der Waals surface area contributed by atoms with Gasteiger partial charge in [-0.3, -0.25) is 4.79 Å². The number of carbonyl (C=O) groups is 1. The van der Waals surface area contributed by atoms with E-state index < -0.39 is 59.8 Å². The highest BCUT2D eigenvalue weighted by molar-refractivity contribution is 6.05. The number of phenolic OH excluding ortho intramolecular Hbond substituents is 4. The van der Waals surface area contributed by atoms with Gasteiger partial charge in [0, 0.05) is 12.1 Å². The molecule has 2 aromatic rings. The Bertz CT molecular complexity index is 1010. The maximum atomic E-state index is 13.2. The lowest BCUT2D eigenvalue weighted by Crippen LogP contribution is -2.56. The number of benzene rings is 2. The van der Waals surface area contributed by atoms with Crippen molar-refractivity contribution >= 4 is 5.78 Å². The smallest absolute Gasteiger partial charge is 0.203 e. The zero-order chi connectivity index (χ0) is 22.4. The molecule has 2 aromatic carbocycles. The summed E-state index contributed by atoms with van der Waals surface area (Å²) < 4.78 is 16.6. The van der Waals surface area contributed by atoms with Crippen molar-refractivity contribution in [2.75, 3.05) is 6.61 Å². The molecule has 2 heterocycles. The summed E-state index contributed by atoms with van der Waals surface area (Å²) in [6.07, 6.45) is -8.95. The van der Waals surface area contributed by atoms with Crippen LogP contribution in [0.1, 0.15) is 22.0 Å². The van der Waals surface area contributed by atoms with Crippen LogP contribution in [0, 0.1) is 0 Å². The number of aliphatic hydroxyl groups excluding tert-OH is 3. The zero-order valence-electron chi connectivity index (χ0n) is 15.8. The minimum atomic E-state index is -1.69. The van der Waals surface area contributed by atoms with Gasteiger partial charge in [-0.1, -0.05) is 6.07 Å². The van der Waals surface area contributed by atoms with Crippen LogP contribution < -0.4 is 4.74 Å². The molecule has 0 unspecified atom stereocenters. The van der Waals surface area contributed by atoms with Gasteiger partial charge >= 0.3 is 0 Å². The van der Waals surface area contributed by atoms with Gasteiger partial charge in [0.2, 0.25) is 5.78 Å². The van der Waals surface area contributed by atoms with Crippen molar-refractivity contribution in [3.8, 4) is 28.7 Å². The number of phenols is 4. The fraction of sp³-hybridized carbons (Fsp3) is 0.350. The number of ether oxygens (including phenoxy) is 3. The zero-order valence-corrected chi connectivity index (χ0v) is 15.8. The van der Waals surface area contributed by atoms with Gasteiger partial charge < -0.3 is 50.0 Å². The van der Waals surface area contributed by atoms with Gasteiger partial charge in [-0.15, -0.1) is 0 Å². The highest BCUT2D eigenvalue weighted by atomic mass is 16.7. The molecule has 1 saturated heterocycles. The van der Waals surface area contributed by atoms with Crippen LogP contribution in [0.25, 0.3) is 0 Å². The van der Waals surface area contributed by atoms with Gasteiger partial charge in [0.05, 0.1) is 6.61 Å². The van der Waals surface area contributed by atoms with Crippen molar-refractivity contribution in [1.82, 2.24) is 0 Å². The van der Waals surface area contributed by atoms with Crippen molar-refractivity contribution in [3.63, 3.8) is 0 Å². The van der Waals surface area contributed by atoms with Crippen LogP contribution in [0.2, 0.25) is 0 Å². The van der Waals surface area contributed by atoms with E-state index in [0.29, 0.717) is 0 Å². The first-order valence-electron chi connectivity index (χ1n) is 9.27. The van der Waals surface area contributed by atoms with Crippen LogP contribution in [0.5, 0.6) is 28.7 Å². The molecular weight excluding hydrogens is 416 g/mol. The Kier molecular flexibility index (Phi) is 5.37. The lowest BCUT2D eigenvalue weighted by atomic mass is 9.92. The van der Waals surface area contributed by atoms with Crippen LogP contribution in [-0.2, 0) is 9.47 Å². The number of Topliss-reactive ketones (excluding diaryl/α,β-unsaturated/α-hetero) is 1. The third-order valence-electron chi connectivity index (χ3n) is 5.16. The van der Waals surface area contributed by atoms with Gasteiger partial charge in [-0.25, -0.2) is 0 Å². The molecule has 11 heteroatoms. The van der Waals surface area contributed by atoms with E-state index in [2.05, 4.69) is 0 Å². The molecule has 4 rings (SSSR count). The molecule has 166 valence electrons.